The minimum absolute atomic E-state index is 0.222. The van der Waals surface area contributed by atoms with Crippen molar-refractivity contribution in [2.45, 2.75) is 24.3 Å². The van der Waals surface area contributed by atoms with Crippen molar-refractivity contribution < 1.29 is 22.7 Å². The molecular formula is C19H21FN2O4S. The first-order valence-corrected chi connectivity index (χ1v) is 10.2. The van der Waals surface area contributed by atoms with Gasteiger partial charge in [-0.05, 0) is 48.7 Å². The van der Waals surface area contributed by atoms with Crippen LogP contribution in [0.4, 0.5) is 4.39 Å². The Kier molecular flexibility index (Phi) is 5.88. The van der Waals surface area contributed by atoms with Crippen LogP contribution in [-0.2, 0) is 23.0 Å². The largest absolute Gasteiger partial charge is 0.478 e. The molecule has 2 aromatic carbocycles. The maximum atomic E-state index is 13.4. The van der Waals surface area contributed by atoms with E-state index in [0.717, 1.165) is 44.3 Å². The summed E-state index contributed by atoms with van der Waals surface area (Å²) in [6, 6.07) is 11.0. The average molecular weight is 392 g/mol. The first-order chi connectivity index (χ1) is 12.9. The van der Waals surface area contributed by atoms with Gasteiger partial charge in [-0.25, -0.2) is 22.3 Å². The Morgan fingerprint density at radius 1 is 1.19 bits per heavy atom. The van der Waals surface area contributed by atoms with Crippen molar-refractivity contribution in [3.05, 3.63) is 65.0 Å². The summed E-state index contributed by atoms with van der Waals surface area (Å²) in [5.41, 5.74) is 2.00. The number of carboxylic acid groups (broad SMARTS) is 1. The van der Waals surface area contributed by atoms with E-state index in [4.69, 9.17) is 5.11 Å². The average Bonchev–Trinajstić information content (AvgIpc) is 2.65. The predicted molar refractivity (Wildman–Crippen MR) is 98.6 cm³/mol. The summed E-state index contributed by atoms with van der Waals surface area (Å²) in [6.45, 7) is 2.76. The van der Waals surface area contributed by atoms with Crippen LogP contribution in [0.2, 0.25) is 0 Å². The van der Waals surface area contributed by atoms with Gasteiger partial charge >= 0.3 is 5.97 Å². The van der Waals surface area contributed by atoms with Gasteiger partial charge in [-0.1, -0.05) is 24.3 Å². The third-order valence-corrected chi connectivity index (χ3v) is 6.09. The van der Waals surface area contributed by atoms with Gasteiger partial charge in [0.2, 0.25) is 10.0 Å². The van der Waals surface area contributed by atoms with Gasteiger partial charge in [0, 0.05) is 19.6 Å². The maximum absolute atomic E-state index is 13.4. The number of halogens is 1. The normalized spacial score (nSPS) is 14.7. The van der Waals surface area contributed by atoms with Crippen LogP contribution >= 0.6 is 0 Å². The second-order valence-electron chi connectivity index (χ2n) is 6.49. The fourth-order valence-electron chi connectivity index (χ4n) is 3.17. The van der Waals surface area contributed by atoms with Crippen molar-refractivity contribution in [2.75, 3.05) is 19.6 Å². The number of hydrogen-bond acceptors (Lipinski definition) is 4. The number of sulfonamides is 1. The molecule has 0 saturated heterocycles. The SMILES string of the molecule is O=C(O)c1cc(S(=O)(=O)NCCCN2CCc3ccccc3C2)ccc1F. The van der Waals surface area contributed by atoms with E-state index < -0.39 is 27.4 Å². The van der Waals surface area contributed by atoms with Crippen LogP contribution < -0.4 is 4.72 Å². The zero-order valence-electron chi connectivity index (χ0n) is 14.7. The topological polar surface area (TPSA) is 86.7 Å². The Morgan fingerprint density at radius 2 is 1.93 bits per heavy atom. The lowest BCUT2D eigenvalue weighted by Gasteiger charge is -2.28. The number of nitrogens with zero attached hydrogens (tertiary/aromatic N) is 1. The zero-order chi connectivity index (χ0) is 19.4. The highest BCUT2D eigenvalue weighted by atomic mass is 32.2. The van der Waals surface area contributed by atoms with Crippen molar-refractivity contribution >= 4 is 16.0 Å². The molecule has 8 heteroatoms. The van der Waals surface area contributed by atoms with Crippen LogP contribution in [0.15, 0.2) is 47.4 Å². The summed E-state index contributed by atoms with van der Waals surface area (Å²) in [4.78, 5) is 13.0. The van der Waals surface area contributed by atoms with Gasteiger partial charge in [-0.15, -0.1) is 0 Å². The van der Waals surface area contributed by atoms with Crippen molar-refractivity contribution in [3.63, 3.8) is 0 Å². The van der Waals surface area contributed by atoms with E-state index in [1.165, 1.54) is 11.1 Å². The molecular weight excluding hydrogens is 371 g/mol. The van der Waals surface area contributed by atoms with Gasteiger partial charge in [-0.2, -0.15) is 0 Å². The molecule has 6 nitrogen and oxygen atoms in total. The fourth-order valence-corrected chi connectivity index (χ4v) is 4.27. The number of carbonyl (C=O) groups is 1. The van der Waals surface area contributed by atoms with Crippen LogP contribution in [0.25, 0.3) is 0 Å². The van der Waals surface area contributed by atoms with E-state index in [0.29, 0.717) is 6.42 Å². The van der Waals surface area contributed by atoms with E-state index in [-0.39, 0.29) is 11.4 Å². The van der Waals surface area contributed by atoms with Crippen molar-refractivity contribution in [2.24, 2.45) is 0 Å². The second kappa shape index (κ2) is 8.16. The smallest absolute Gasteiger partial charge is 0.338 e. The van der Waals surface area contributed by atoms with Gasteiger partial charge in [0.05, 0.1) is 10.5 Å². The molecule has 3 rings (SSSR count). The van der Waals surface area contributed by atoms with Gasteiger partial charge in [0.15, 0.2) is 0 Å². The molecule has 0 saturated carbocycles. The molecule has 0 radical (unpaired) electrons. The number of aromatic carboxylic acids is 1. The van der Waals surface area contributed by atoms with Crippen LogP contribution in [0.1, 0.15) is 27.9 Å². The molecule has 0 fully saturated rings. The quantitative estimate of drug-likeness (QED) is 0.706. The monoisotopic (exact) mass is 392 g/mol. The van der Waals surface area contributed by atoms with Crippen molar-refractivity contribution in [3.8, 4) is 0 Å². The number of benzene rings is 2. The van der Waals surface area contributed by atoms with Crippen LogP contribution in [-0.4, -0.2) is 44.0 Å². The molecule has 144 valence electrons. The Morgan fingerprint density at radius 3 is 2.67 bits per heavy atom. The first kappa shape index (κ1) is 19.5. The Balaban J connectivity index is 1.53. The minimum Gasteiger partial charge on any atom is -0.478 e. The Hall–Kier alpha value is -2.29. The molecule has 1 aliphatic heterocycles. The lowest BCUT2D eigenvalue weighted by atomic mass is 10.00. The zero-order valence-corrected chi connectivity index (χ0v) is 15.5. The molecule has 1 heterocycles. The molecule has 0 aliphatic carbocycles. The number of nitrogens with one attached hydrogen (secondary N) is 1. The number of rotatable bonds is 7. The summed E-state index contributed by atoms with van der Waals surface area (Å²) < 4.78 is 40.5. The third kappa shape index (κ3) is 4.71. The first-order valence-electron chi connectivity index (χ1n) is 8.68. The molecule has 0 atom stereocenters. The van der Waals surface area contributed by atoms with Crippen LogP contribution in [0, 0.1) is 5.82 Å². The number of hydrogen-bond donors (Lipinski definition) is 2. The fraction of sp³-hybridized carbons (Fsp3) is 0.316. The summed E-state index contributed by atoms with van der Waals surface area (Å²) in [6.07, 6.45) is 1.60. The van der Waals surface area contributed by atoms with Gasteiger partial charge in [0.1, 0.15) is 5.82 Å². The number of carboxylic acids is 1. The van der Waals surface area contributed by atoms with E-state index in [1.54, 1.807) is 0 Å². The highest BCUT2D eigenvalue weighted by Gasteiger charge is 2.19. The van der Waals surface area contributed by atoms with Crippen molar-refractivity contribution in [1.29, 1.82) is 0 Å². The summed E-state index contributed by atoms with van der Waals surface area (Å²) >= 11 is 0. The maximum Gasteiger partial charge on any atom is 0.338 e. The standard InChI is InChI=1S/C19H21FN2O4S/c20-18-7-6-16(12-17(18)19(23)24)27(25,26)21-9-3-10-22-11-8-14-4-1-2-5-15(14)13-22/h1-2,4-7,12,21H,3,8-11,13H2,(H,23,24). The molecule has 0 aromatic heterocycles. The molecule has 1 aliphatic rings. The molecule has 0 unspecified atom stereocenters. The van der Waals surface area contributed by atoms with E-state index in [1.807, 2.05) is 12.1 Å². The minimum atomic E-state index is -3.88. The Bertz CT molecular complexity index is 946. The van der Waals surface area contributed by atoms with Crippen LogP contribution in [0.5, 0.6) is 0 Å². The van der Waals surface area contributed by atoms with Crippen LogP contribution in [0.3, 0.4) is 0 Å². The van der Waals surface area contributed by atoms with Crippen molar-refractivity contribution in [1.82, 2.24) is 9.62 Å². The van der Waals surface area contributed by atoms with Gasteiger partial charge < -0.3 is 5.11 Å². The highest BCUT2D eigenvalue weighted by Crippen LogP contribution is 2.18. The lowest BCUT2D eigenvalue weighted by Crippen LogP contribution is -2.33. The summed E-state index contributed by atoms with van der Waals surface area (Å²) in [5.74, 6) is -2.47. The molecule has 2 aromatic rings. The third-order valence-electron chi connectivity index (χ3n) is 4.63. The van der Waals surface area contributed by atoms with Gasteiger partial charge in [-0.3, -0.25) is 4.90 Å². The van der Waals surface area contributed by atoms with E-state index >= 15 is 0 Å². The number of fused-ring (bicyclic) bond motifs is 1. The molecule has 0 spiro atoms. The summed E-state index contributed by atoms with van der Waals surface area (Å²) in [5, 5.41) is 8.92. The second-order valence-corrected chi connectivity index (χ2v) is 8.26. The highest BCUT2D eigenvalue weighted by molar-refractivity contribution is 7.89. The molecule has 27 heavy (non-hydrogen) atoms. The lowest BCUT2D eigenvalue weighted by molar-refractivity contribution is 0.0691. The molecule has 2 N–H and O–H groups in total. The molecule has 0 amide bonds. The Labute approximate surface area is 157 Å². The van der Waals surface area contributed by atoms with E-state index in [9.17, 15) is 17.6 Å². The van der Waals surface area contributed by atoms with Gasteiger partial charge in [0.25, 0.3) is 0 Å². The summed E-state index contributed by atoms with van der Waals surface area (Å²) in [7, 11) is -3.88. The molecule has 0 bridgehead atoms. The predicted octanol–water partition coefficient (Wildman–Crippen LogP) is 2.25. The van der Waals surface area contributed by atoms with E-state index in [2.05, 4.69) is 21.8 Å².